The molecule has 1 aliphatic heterocycles. The average molecular weight is 240 g/mol. The molecule has 16 heavy (non-hydrogen) atoms. The van der Waals surface area contributed by atoms with Crippen LogP contribution in [0.5, 0.6) is 0 Å². The van der Waals surface area contributed by atoms with Crippen molar-refractivity contribution in [2.75, 3.05) is 23.8 Å². The van der Waals surface area contributed by atoms with Gasteiger partial charge in [-0.1, -0.05) is 11.6 Å². The fourth-order valence-corrected chi connectivity index (χ4v) is 2.10. The number of likely N-dealkylation sites (N-methyl/N-ethyl adjacent to an activating group) is 1. The third kappa shape index (κ3) is 1.54. The van der Waals surface area contributed by atoms with Crippen LogP contribution in [-0.2, 0) is 4.79 Å². The molecule has 0 aliphatic carbocycles. The standard InChI is InChI=1S/C11H14ClN3O/c1-6-7(12)3-4-8-10(6)14-11(16)9(5-13)15(8)2/h3-4,9H,5,13H2,1-2H3,(H,14,16). The summed E-state index contributed by atoms with van der Waals surface area (Å²) < 4.78 is 0. The predicted octanol–water partition coefficient (Wildman–Crippen LogP) is 1.36. The highest BCUT2D eigenvalue weighted by atomic mass is 35.5. The fourth-order valence-electron chi connectivity index (χ4n) is 1.94. The highest BCUT2D eigenvalue weighted by Crippen LogP contribution is 2.36. The topological polar surface area (TPSA) is 58.4 Å². The van der Waals surface area contributed by atoms with Crippen LogP contribution < -0.4 is 16.0 Å². The highest BCUT2D eigenvalue weighted by Gasteiger charge is 2.30. The van der Waals surface area contributed by atoms with Gasteiger partial charge in [0.15, 0.2) is 0 Å². The van der Waals surface area contributed by atoms with Gasteiger partial charge in [-0.2, -0.15) is 0 Å². The molecule has 86 valence electrons. The minimum Gasteiger partial charge on any atom is -0.360 e. The van der Waals surface area contributed by atoms with E-state index in [9.17, 15) is 4.79 Å². The molecule has 4 nitrogen and oxygen atoms in total. The number of hydrogen-bond donors (Lipinski definition) is 2. The third-order valence-corrected chi connectivity index (χ3v) is 3.41. The first-order valence-corrected chi connectivity index (χ1v) is 5.47. The molecule has 1 amide bonds. The molecular formula is C11H14ClN3O. The van der Waals surface area contributed by atoms with E-state index in [4.69, 9.17) is 17.3 Å². The molecule has 0 aromatic heterocycles. The number of carbonyl (C=O) groups is 1. The third-order valence-electron chi connectivity index (χ3n) is 3.00. The lowest BCUT2D eigenvalue weighted by Crippen LogP contribution is -2.50. The molecule has 0 bridgehead atoms. The Morgan fingerprint density at radius 3 is 2.88 bits per heavy atom. The van der Waals surface area contributed by atoms with Crippen molar-refractivity contribution in [2.45, 2.75) is 13.0 Å². The monoisotopic (exact) mass is 239 g/mol. The summed E-state index contributed by atoms with van der Waals surface area (Å²) in [6.07, 6.45) is 0. The Hall–Kier alpha value is -1.26. The van der Waals surface area contributed by atoms with Gasteiger partial charge in [0.05, 0.1) is 11.4 Å². The van der Waals surface area contributed by atoms with Gasteiger partial charge in [-0.15, -0.1) is 0 Å². The second-order valence-electron chi connectivity index (χ2n) is 3.92. The lowest BCUT2D eigenvalue weighted by atomic mass is 10.1. The van der Waals surface area contributed by atoms with Gasteiger partial charge in [0.25, 0.3) is 0 Å². The number of rotatable bonds is 1. The molecule has 1 aromatic carbocycles. The number of carbonyl (C=O) groups excluding carboxylic acids is 1. The van der Waals surface area contributed by atoms with E-state index in [1.54, 1.807) is 0 Å². The van der Waals surface area contributed by atoms with Crippen LogP contribution in [0, 0.1) is 6.92 Å². The van der Waals surface area contributed by atoms with E-state index >= 15 is 0 Å². The minimum atomic E-state index is -0.312. The molecule has 1 unspecified atom stereocenters. The van der Waals surface area contributed by atoms with E-state index in [0.717, 1.165) is 16.9 Å². The second-order valence-corrected chi connectivity index (χ2v) is 4.33. The summed E-state index contributed by atoms with van der Waals surface area (Å²) in [5.74, 6) is -0.0807. The van der Waals surface area contributed by atoms with Crippen LogP contribution >= 0.6 is 11.6 Å². The lowest BCUT2D eigenvalue weighted by molar-refractivity contribution is -0.117. The van der Waals surface area contributed by atoms with Crippen molar-refractivity contribution in [2.24, 2.45) is 5.73 Å². The number of nitrogens with zero attached hydrogens (tertiary/aromatic N) is 1. The molecule has 0 spiro atoms. The van der Waals surface area contributed by atoms with Crippen molar-refractivity contribution < 1.29 is 4.79 Å². The molecule has 1 aromatic rings. The van der Waals surface area contributed by atoms with Gasteiger partial charge in [-0.3, -0.25) is 4.79 Å². The van der Waals surface area contributed by atoms with Gasteiger partial charge < -0.3 is 16.0 Å². The maximum atomic E-state index is 11.8. The van der Waals surface area contributed by atoms with Gasteiger partial charge >= 0.3 is 0 Å². The summed E-state index contributed by atoms with van der Waals surface area (Å²) >= 11 is 6.02. The van der Waals surface area contributed by atoms with Crippen molar-refractivity contribution in [3.05, 3.63) is 22.7 Å². The molecule has 1 atom stereocenters. The minimum absolute atomic E-state index is 0.0807. The molecular weight excluding hydrogens is 226 g/mol. The number of benzene rings is 1. The molecule has 1 aliphatic rings. The Morgan fingerprint density at radius 1 is 1.56 bits per heavy atom. The molecule has 1 heterocycles. The van der Waals surface area contributed by atoms with Crippen molar-refractivity contribution in [1.29, 1.82) is 0 Å². The van der Waals surface area contributed by atoms with Crippen LogP contribution in [0.25, 0.3) is 0 Å². The molecule has 5 heteroatoms. The lowest BCUT2D eigenvalue weighted by Gasteiger charge is -2.35. The predicted molar refractivity (Wildman–Crippen MR) is 66.1 cm³/mol. The number of hydrogen-bond acceptors (Lipinski definition) is 3. The molecule has 0 radical (unpaired) electrons. The first-order valence-electron chi connectivity index (χ1n) is 5.09. The van der Waals surface area contributed by atoms with Crippen LogP contribution in [-0.4, -0.2) is 25.5 Å². The number of anilines is 2. The van der Waals surface area contributed by atoms with Crippen molar-refractivity contribution in [3.63, 3.8) is 0 Å². The first-order chi connectivity index (χ1) is 7.56. The zero-order valence-corrected chi connectivity index (χ0v) is 10.0. The van der Waals surface area contributed by atoms with Crippen molar-refractivity contribution in [1.82, 2.24) is 0 Å². The van der Waals surface area contributed by atoms with E-state index in [2.05, 4.69) is 5.32 Å². The van der Waals surface area contributed by atoms with E-state index < -0.39 is 0 Å². The smallest absolute Gasteiger partial charge is 0.248 e. The van der Waals surface area contributed by atoms with Crippen LogP contribution in [0.3, 0.4) is 0 Å². The Bertz CT molecular complexity index is 447. The van der Waals surface area contributed by atoms with E-state index in [-0.39, 0.29) is 11.9 Å². The Morgan fingerprint density at radius 2 is 2.25 bits per heavy atom. The van der Waals surface area contributed by atoms with Gasteiger partial charge in [-0.25, -0.2) is 0 Å². The van der Waals surface area contributed by atoms with Gasteiger partial charge in [0, 0.05) is 18.6 Å². The zero-order valence-electron chi connectivity index (χ0n) is 9.25. The van der Waals surface area contributed by atoms with Gasteiger partial charge in [0.1, 0.15) is 6.04 Å². The Kier molecular flexibility index (Phi) is 2.78. The van der Waals surface area contributed by atoms with E-state index in [0.29, 0.717) is 11.6 Å². The maximum absolute atomic E-state index is 11.8. The first kappa shape index (κ1) is 11.2. The number of amides is 1. The van der Waals surface area contributed by atoms with Crippen LogP contribution in [0.15, 0.2) is 12.1 Å². The summed E-state index contributed by atoms with van der Waals surface area (Å²) in [5.41, 5.74) is 8.20. The number of nitrogens with one attached hydrogen (secondary N) is 1. The number of fused-ring (bicyclic) bond motifs is 1. The van der Waals surface area contributed by atoms with Crippen LogP contribution in [0.4, 0.5) is 11.4 Å². The average Bonchev–Trinajstić information content (AvgIpc) is 2.25. The van der Waals surface area contributed by atoms with Crippen LogP contribution in [0.2, 0.25) is 5.02 Å². The van der Waals surface area contributed by atoms with E-state index in [1.807, 2.05) is 31.0 Å². The molecule has 2 rings (SSSR count). The number of nitrogens with two attached hydrogens (primary N) is 1. The van der Waals surface area contributed by atoms with Crippen LogP contribution in [0.1, 0.15) is 5.56 Å². The molecule has 3 N–H and O–H groups in total. The Balaban J connectivity index is 2.54. The highest BCUT2D eigenvalue weighted by molar-refractivity contribution is 6.32. The van der Waals surface area contributed by atoms with Gasteiger partial charge in [-0.05, 0) is 24.6 Å². The normalized spacial score (nSPS) is 19.4. The summed E-state index contributed by atoms with van der Waals surface area (Å²) in [6.45, 7) is 2.18. The summed E-state index contributed by atoms with van der Waals surface area (Å²) in [7, 11) is 1.86. The second kappa shape index (κ2) is 3.96. The SMILES string of the molecule is Cc1c(Cl)ccc2c1NC(=O)C(CN)N2C. The Labute approximate surface area is 99.4 Å². The summed E-state index contributed by atoms with van der Waals surface area (Å²) in [5, 5.41) is 3.51. The molecule has 0 fully saturated rings. The van der Waals surface area contributed by atoms with Crippen molar-refractivity contribution >= 4 is 28.9 Å². The summed E-state index contributed by atoms with van der Waals surface area (Å²) in [4.78, 5) is 13.7. The maximum Gasteiger partial charge on any atom is 0.248 e. The van der Waals surface area contributed by atoms with E-state index in [1.165, 1.54) is 0 Å². The van der Waals surface area contributed by atoms with Gasteiger partial charge in [0.2, 0.25) is 5.91 Å². The summed E-state index contributed by atoms with van der Waals surface area (Å²) in [6, 6.07) is 3.41. The largest absolute Gasteiger partial charge is 0.360 e. The fraction of sp³-hybridized carbons (Fsp3) is 0.364. The number of halogens is 1. The molecule has 0 saturated carbocycles. The quantitative estimate of drug-likeness (QED) is 0.778. The molecule has 0 saturated heterocycles. The zero-order chi connectivity index (χ0) is 11.9. The van der Waals surface area contributed by atoms with Crippen molar-refractivity contribution in [3.8, 4) is 0 Å².